The van der Waals surface area contributed by atoms with Crippen LogP contribution < -0.4 is 0 Å². The van der Waals surface area contributed by atoms with Crippen LogP contribution in [0.4, 0.5) is 0 Å². The third-order valence-corrected chi connectivity index (χ3v) is 4.95. The molecule has 1 fully saturated rings. The lowest BCUT2D eigenvalue weighted by atomic mass is 9.98. The molecule has 1 saturated carbocycles. The van der Waals surface area contributed by atoms with Crippen molar-refractivity contribution in [1.82, 2.24) is 9.78 Å². The molecular weight excluding hydrogens is 288 g/mol. The van der Waals surface area contributed by atoms with Crippen molar-refractivity contribution >= 4 is 5.97 Å². The Morgan fingerprint density at radius 2 is 1.83 bits per heavy atom. The van der Waals surface area contributed by atoms with Gasteiger partial charge in [0, 0.05) is 11.3 Å². The lowest BCUT2D eigenvalue weighted by Gasteiger charge is -2.21. The summed E-state index contributed by atoms with van der Waals surface area (Å²) in [5, 5.41) is 4.61. The van der Waals surface area contributed by atoms with Gasteiger partial charge in [0.25, 0.3) is 0 Å². The molecule has 1 aromatic carbocycles. The van der Waals surface area contributed by atoms with Gasteiger partial charge in [-0.1, -0.05) is 24.6 Å². The summed E-state index contributed by atoms with van der Waals surface area (Å²) < 4.78 is 7.67. The van der Waals surface area contributed by atoms with Gasteiger partial charge in [-0.05, 0) is 57.1 Å². The molecule has 0 aliphatic heterocycles. The predicted molar refractivity (Wildman–Crippen MR) is 87.9 cm³/mol. The van der Waals surface area contributed by atoms with Gasteiger partial charge in [-0.25, -0.2) is 9.48 Å². The average Bonchev–Trinajstić information content (AvgIpc) is 3.18. The van der Waals surface area contributed by atoms with E-state index in [-0.39, 0.29) is 12.1 Å². The van der Waals surface area contributed by atoms with E-state index in [4.69, 9.17) is 4.74 Å². The summed E-state index contributed by atoms with van der Waals surface area (Å²) in [4.78, 5) is 12.6. The SMILES string of the molecule is O=C(OC1CCCCC1)c1nn(-c2ccccc2)c2c1CCC2. The number of hydrogen-bond donors (Lipinski definition) is 0. The second-order valence-corrected chi connectivity index (χ2v) is 6.54. The van der Waals surface area contributed by atoms with E-state index in [1.807, 2.05) is 35.0 Å². The van der Waals surface area contributed by atoms with Crippen LogP contribution in [-0.4, -0.2) is 21.9 Å². The standard InChI is InChI=1S/C19H22N2O2/c22-19(23-15-10-5-2-6-11-15)18-16-12-7-13-17(16)21(20-18)14-8-3-1-4-9-14/h1,3-4,8-9,15H,2,5-7,10-13H2. The van der Waals surface area contributed by atoms with Gasteiger partial charge in [0.15, 0.2) is 5.69 Å². The predicted octanol–water partition coefficient (Wildman–Crippen LogP) is 3.85. The molecule has 4 rings (SSSR count). The fraction of sp³-hybridized carbons (Fsp3) is 0.474. The average molecular weight is 310 g/mol. The Balaban J connectivity index is 1.63. The summed E-state index contributed by atoms with van der Waals surface area (Å²) in [6.45, 7) is 0. The van der Waals surface area contributed by atoms with Crippen LogP contribution >= 0.6 is 0 Å². The van der Waals surface area contributed by atoms with Crippen molar-refractivity contribution in [2.24, 2.45) is 0 Å². The van der Waals surface area contributed by atoms with Crippen LogP contribution in [0.15, 0.2) is 30.3 Å². The molecule has 0 bridgehead atoms. The van der Waals surface area contributed by atoms with Gasteiger partial charge >= 0.3 is 5.97 Å². The topological polar surface area (TPSA) is 44.1 Å². The van der Waals surface area contributed by atoms with Crippen molar-refractivity contribution in [3.63, 3.8) is 0 Å². The smallest absolute Gasteiger partial charge is 0.359 e. The monoisotopic (exact) mass is 310 g/mol. The zero-order valence-corrected chi connectivity index (χ0v) is 13.3. The number of rotatable bonds is 3. The van der Waals surface area contributed by atoms with Crippen molar-refractivity contribution in [2.75, 3.05) is 0 Å². The molecule has 0 unspecified atom stereocenters. The van der Waals surface area contributed by atoms with E-state index >= 15 is 0 Å². The van der Waals surface area contributed by atoms with E-state index in [1.54, 1.807) is 0 Å². The molecule has 1 heterocycles. The van der Waals surface area contributed by atoms with Crippen LogP contribution in [0.3, 0.4) is 0 Å². The molecule has 0 radical (unpaired) electrons. The van der Waals surface area contributed by atoms with E-state index in [1.165, 1.54) is 12.1 Å². The summed E-state index contributed by atoms with van der Waals surface area (Å²) in [6, 6.07) is 10.0. The van der Waals surface area contributed by atoms with Crippen molar-refractivity contribution < 1.29 is 9.53 Å². The van der Waals surface area contributed by atoms with Crippen LogP contribution in [0, 0.1) is 0 Å². The second-order valence-electron chi connectivity index (χ2n) is 6.54. The highest BCUT2D eigenvalue weighted by Crippen LogP contribution is 2.29. The zero-order chi connectivity index (χ0) is 15.6. The number of esters is 1. The van der Waals surface area contributed by atoms with Gasteiger partial charge in [-0.15, -0.1) is 0 Å². The minimum absolute atomic E-state index is 0.0789. The molecule has 0 amide bonds. The minimum Gasteiger partial charge on any atom is -0.458 e. The first-order valence-electron chi connectivity index (χ1n) is 8.70. The van der Waals surface area contributed by atoms with E-state index in [2.05, 4.69) is 5.10 Å². The lowest BCUT2D eigenvalue weighted by molar-refractivity contribution is 0.0203. The Bertz CT molecular complexity index is 700. The highest BCUT2D eigenvalue weighted by molar-refractivity contribution is 5.89. The van der Waals surface area contributed by atoms with E-state index in [0.29, 0.717) is 5.69 Å². The third-order valence-electron chi connectivity index (χ3n) is 4.95. The first-order valence-corrected chi connectivity index (χ1v) is 8.70. The number of ether oxygens (including phenoxy) is 1. The summed E-state index contributed by atoms with van der Waals surface area (Å²) in [6.07, 6.45) is 8.64. The summed E-state index contributed by atoms with van der Waals surface area (Å²) in [5.74, 6) is -0.232. The largest absolute Gasteiger partial charge is 0.458 e. The fourth-order valence-corrected chi connectivity index (χ4v) is 3.77. The molecule has 2 aliphatic carbocycles. The summed E-state index contributed by atoms with van der Waals surface area (Å²) >= 11 is 0. The van der Waals surface area contributed by atoms with Crippen LogP contribution in [-0.2, 0) is 17.6 Å². The number of para-hydroxylation sites is 1. The molecule has 4 nitrogen and oxygen atoms in total. The Morgan fingerprint density at radius 1 is 1.04 bits per heavy atom. The number of carbonyl (C=O) groups excluding carboxylic acids is 1. The Labute approximate surface area is 136 Å². The highest BCUT2D eigenvalue weighted by atomic mass is 16.5. The molecule has 1 aromatic heterocycles. The molecule has 0 N–H and O–H groups in total. The minimum atomic E-state index is -0.232. The molecule has 0 atom stereocenters. The van der Waals surface area contributed by atoms with Gasteiger partial charge in [0.05, 0.1) is 5.69 Å². The molecule has 23 heavy (non-hydrogen) atoms. The number of aromatic nitrogens is 2. The van der Waals surface area contributed by atoms with Crippen molar-refractivity contribution in [2.45, 2.75) is 57.5 Å². The number of nitrogens with zero attached hydrogens (tertiary/aromatic N) is 2. The van der Waals surface area contributed by atoms with Gasteiger partial charge in [0.1, 0.15) is 6.10 Å². The quantitative estimate of drug-likeness (QED) is 0.809. The maximum absolute atomic E-state index is 12.6. The number of carbonyl (C=O) groups is 1. The Hall–Kier alpha value is -2.10. The molecular formula is C19H22N2O2. The lowest BCUT2D eigenvalue weighted by Crippen LogP contribution is -2.22. The summed E-state index contributed by atoms with van der Waals surface area (Å²) in [7, 11) is 0. The summed E-state index contributed by atoms with van der Waals surface area (Å²) in [5.41, 5.74) is 3.82. The normalized spacial score (nSPS) is 17.9. The highest BCUT2D eigenvalue weighted by Gasteiger charge is 2.29. The van der Waals surface area contributed by atoms with Crippen LogP contribution in [0.2, 0.25) is 0 Å². The first-order chi connectivity index (χ1) is 11.3. The Kier molecular flexibility index (Phi) is 3.90. The molecule has 2 aliphatic rings. The zero-order valence-electron chi connectivity index (χ0n) is 13.3. The maximum Gasteiger partial charge on any atom is 0.359 e. The molecule has 4 heteroatoms. The molecule has 0 spiro atoms. The Morgan fingerprint density at radius 3 is 2.61 bits per heavy atom. The van der Waals surface area contributed by atoms with Gasteiger partial charge in [0.2, 0.25) is 0 Å². The number of hydrogen-bond acceptors (Lipinski definition) is 3. The van der Waals surface area contributed by atoms with Gasteiger partial charge in [-0.3, -0.25) is 0 Å². The van der Waals surface area contributed by atoms with Crippen molar-refractivity contribution in [3.05, 3.63) is 47.3 Å². The molecule has 120 valence electrons. The number of fused-ring (bicyclic) bond motifs is 1. The van der Waals surface area contributed by atoms with Crippen LogP contribution in [0.5, 0.6) is 0 Å². The third kappa shape index (κ3) is 2.78. The maximum atomic E-state index is 12.6. The van der Waals surface area contributed by atoms with E-state index < -0.39 is 0 Å². The van der Waals surface area contributed by atoms with Crippen molar-refractivity contribution in [3.8, 4) is 5.69 Å². The van der Waals surface area contributed by atoms with E-state index in [9.17, 15) is 4.79 Å². The fourth-order valence-electron chi connectivity index (χ4n) is 3.77. The van der Waals surface area contributed by atoms with E-state index in [0.717, 1.165) is 56.2 Å². The number of benzene rings is 1. The van der Waals surface area contributed by atoms with Gasteiger partial charge < -0.3 is 4.74 Å². The molecule has 2 aromatic rings. The van der Waals surface area contributed by atoms with Crippen molar-refractivity contribution in [1.29, 1.82) is 0 Å². The van der Waals surface area contributed by atoms with Crippen LogP contribution in [0.25, 0.3) is 5.69 Å². The first kappa shape index (κ1) is 14.5. The van der Waals surface area contributed by atoms with Crippen LogP contribution in [0.1, 0.15) is 60.3 Å². The van der Waals surface area contributed by atoms with Gasteiger partial charge in [-0.2, -0.15) is 5.10 Å². The molecule has 0 saturated heterocycles. The second kappa shape index (κ2) is 6.19.